The Labute approximate surface area is 135 Å². The number of aryl methyl sites for hydroxylation is 1. The average Bonchev–Trinajstić information content (AvgIpc) is 2.58. The summed E-state index contributed by atoms with van der Waals surface area (Å²) in [6, 6.07) is 15.1. The van der Waals surface area contributed by atoms with E-state index >= 15 is 0 Å². The lowest BCUT2D eigenvalue weighted by atomic mass is 9.91. The van der Waals surface area contributed by atoms with Crippen molar-refractivity contribution in [2.24, 2.45) is 5.92 Å². The van der Waals surface area contributed by atoms with Crippen LogP contribution in [0.4, 0.5) is 0 Å². The van der Waals surface area contributed by atoms with Gasteiger partial charge in [-0.05, 0) is 19.1 Å². The van der Waals surface area contributed by atoms with Crippen molar-refractivity contribution in [3.63, 3.8) is 0 Å². The summed E-state index contributed by atoms with van der Waals surface area (Å²) in [5.74, 6) is 0.0744. The molecule has 1 N–H and O–H groups in total. The molecule has 0 aromatic heterocycles. The van der Waals surface area contributed by atoms with Crippen molar-refractivity contribution in [2.45, 2.75) is 25.7 Å². The molecule has 1 heterocycles. The van der Waals surface area contributed by atoms with Crippen molar-refractivity contribution in [3.05, 3.63) is 65.2 Å². The maximum atomic E-state index is 11.0. The molecule has 3 rings (SSSR count). The fourth-order valence-corrected chi connectivity index (χ4v) is 2.91. The van der Waals surface area contributed by atoms with Gasteiger partial charge in [0.25, 0.3) is 0 Å². The van der Waals surface area contributed by atoms with E-state index in [0.29, 0.717) is 18.6 Å². The maximum absolute atomic E-state index is 11.0. The minimum absolute atomic E-state index is 0.111. The summed E-state index contributed by atoms with van der Waals surface area (Å²) in [5, 5.41) is 10.2. The molecule has 1 aliphatic heterocycles. The van der Waals surface area contributed by atoms with Crippen molar-refractivity contribution < 1.29 is 19.4 Å². The summed E-state index contributed by atoms with van der Waals surface area (Å²) in [7, 11) is 0. The fourth-order valence-electron chi connectivity index (χ4n) is 2.91. The van der Waals surface area contributed by atoms with Gasteiger partial charge in [0.1, 0.15) is 12.0 Å². The highest BCUT2D eigenvalue weighted by atomic mass is 16.7. The van der Waals surface area contributed by atoms with Crippen molar-refractivity contribution in [2.75, 3.05) is 6.61 Å². The van der Waals surface area contributed by atoms with Crippen molar-refractivity contribution in [1.82, 2.24) is 0 Å². The van der Waals surface area contributed by atoms with Gasteiger partial charge >= 0.3 is 0 Å². The zero-order valence-corrected chi connectivity index (χ0v) is 13.0. The first-order chi connectivity index (χ1) is 11.2. The van der Waals surface area contributed by atoms with Crippen molar-refractivity contribution >= 4 is 6.29 Å². The summed E-state index contributed by atoms with van der Waals surface area (Å²) in [5.41, 5.74) is 2.67. The van der Waals surface area contributed by atoms with E-state index in [4.69, 9.17) is 9.47 Å². The van der Waals surface area contributed by atoms with Crippen LogP contribution in [0.5, 0.6) is 5.75 Å². The molecule has 4 nitrogen and oxygen atoms in total. The number of ether oxygens (including phenoxy) is 2. The smallest absolute Gasteiger partial charge is 0.184 e. The van der Waals surface area contributed by atoms with Crippen LogP contribution in [0.25, 0.3) is 0 Å². The lowest BCUT2D eigenvalue weighted by Gasteiger charge is -2.36. The predicted molar refractivity (Wildman–Crippen MR) is 86.0 cm³/mol. The van der Waals surface area contributed by atoms with Gasteiger partial charge in [-0.1, -0.05) is 42.0 Å². The van der Waals surface area contributed by atoms with Crippen LogP contribution in [-0.2, 0) is 14.3 Å². The largest absolute Gasteiger partial charge is 0.508 e. The van der Waals surface area contributed by atoms with Gasteiger partial charge in [-0.2, -0.15) is 0 Å². The Morgan fingerprint density at radius 2 is 2.00 bits per heavy atom. The molecule has 1 aliphatic rings. The first kappa shape index (κ1) is 15.7. The Bertz CT molecular complexity index is 668. The molecule has 1 fully saturated rings. The maximum Gasteiger partial charge on any atom is 0.184 e. The van der Waals surface area contributed by atoms with E-state index in [2.05, 4.69) is 0 Å². The molecule has 0 unspecified atom stereocenters. The van der Waals surface area contributed by atoms with Crippen molar-refractivity contribution in [3.8, 4) is 5.75 Å². The van der Waals surface area contributed by atoms with Crippen LogP contribution in [-0.4, -0.2) is 18.0 Å². The molecule has 0 saturated carbocycles. The highest BCUT2D eigenvalue weighted by molar-refractivity contribution is 5.50. The van der Waals surface area contributed by atoms with E-state index in [1.165, 1.54) is 0 Å². The molecule has 0 bridgehead atoms. The van der Waals surface area contributed by atoms with E-state index in [0.717, 1.165) is 17.4 Å². The molecule has 0 radical (unpaired) electrons. The molecule has 2 aromatic rings. The number of phenolic OH excluding ortho intramolecular Hbond substituents is 1. The summed E-state index contributed by atoms with van der Waals surface area (Å²) in [4.78, 5) is 11.0. The Morgan fingerprint density at radius 1 is 1.22 bits per heavy atom. The average molecular weight is 312 g/mol. The molecule has 0 aliphatic carbocycles. The van der Waals surface area contributed by atoms with Crippen LogP contribution in [0.2, 0.25) is 0 Å². The Balaban J connectivity index is 1.92. The molecule has 23 heavy (non-hydrogen) atoms. The number of benzene rings is 2. The number of hydrogen-bond donors (Lipinski definition) is 1. The minimum Gasteiger partial charge on any atom is -0.508 e. The van der Waals surface area contributed by atoms with Gasteiger partial charge in [0, 0.05) is 23.5 Å². The van der Waals surface area contributed by atoms with Gasteiger partial charge in [0.2, 0.25) is 0 Å². The standard InChI is InChI=1S/C19H20O4/c1-13-7-8-17(21)16(11-13)18-15(9-10-20)12-22-19(23-18)14-5-3-2-4-6-14/h2-8,10-11,15,18-19,21H,9,12H2,1H3/t15-,18+,19+/m1/s1. The number of carbonyl (C=O) groups is 1. The summed E-state index contributed by atoms with van der Waals surface area (Å²) in [6.45, 7) is 2.38. The Kier molecular flexibility index (Phi) is 4.74. The van der Waals surface area contributed by atoms with Crippen LogP contribution >= 0.6 is 0 Å². The Hall–Kier alpha value is -2.17. The summed E-state index contributed by atoms with van der Waals surface area (Å²) < 4.78 is 11.9. The molecule has 2 aromatic carbocycles. The van der Waals surface area contributed by atoms with Gasteiger partial charge in [0.05, 0.1) is 12.7 Å². The first-order valence-corrected chi connectivity index (χ1v) is 7.74. The van der Waals surface area contributed by atoms with Gasteiger partial charge in [-0.3, -0.25) is 0 Å². The summed E-state index contributed by atoms with van der Waals surface area (Å²) in [6.07, 6.45) is 0.336. The van der Waals surface area contributed by atoms with Crippen LogP contribution in [0.1, 0.15) is 35.5 Å². The van der Waals surface area contributed by atoms with Crippen LogP contribution in [0.3, 0.4) is 0 Å². The van der Waals surface area contributed by atoms with Crippen LogP contribution < -0.4 is 0 Å². The number of phenols is 1. The van der Waals surface area contributed by atoms with Crippen LogP contribution in [0.15, 0.2) is 48.5 Å². The lowest BCUT2D eigenvalue weighted by Crippen LogP contribution is -2.31. The van der Waals surface area contributed by atoms with E-state index < -0.39 is 6.29 Å². The third-order valence-corrected chi connectivity index (χ3v) is 4.12. The third-order valence-electron chi connectivity index (χ3n) is 4.12. The molecule has 4 heteroatoms. The molecule has 120 valence electrons. The molecule has 0 amide bonds. The third kappa shape index (κ3) is 3.44. The van der Waals surface area contributed by atoms with Gasteiger partial charge in [0.15, 0.2) is 6.29 Å². The topological polar surface area (TPSA) is 55.8 Å². The second-order valence-electron chi connectivity index (χ2n) is 5.86. The highest BCUT2D eigenvalue weighted by Gasteiger charge is 2.35. The molecule has 1 saturated heterocycles. The number of rotatable bonds is 4. The quantitative estimate of drug-likeness (QED) is 0.875. The minimum atomic E-state index is -0.496. The van der Waals surface area contributed by atoms with E-state index in [-0.39, 0.29) is 17.8 Å². The second-order valence-corrected chi connectivity index (χ2v) is 5.86. The number of aromatic hydroxyl groups is 1. The SMILES string of the molecule is Cc1ccc(O)c([C@H]2O[C@@H](c3ccccc3)OC[C@H]2CC=O)c1. The Morgan fingerprint density at radius 3 is 2.74 bits per heavy atom. The highest BCUT2D eigenvalue weighted by Crippen LogP contribution is 2.42. The van der Waals surface area contributed by atoms with Crippen molar-refractivity contribution in [1.29, 1.82) is 0 Å². The van der Waals surface area contributed by atoms with E-state index in [9.17, 15) is 9.90 Å². The number of carbonyl (C=O) groups excluding carboxylic acids is 1. The second kappa shape index (κ2) is 6.94. The predicted octanol–water partition coefficient (Wildman–Crippen LogP) is 3.69. The number of aldehydes is 1. The fraction of sp³-hybridized carbons (Fsp3) is 0.316. The molecular weight excluding hydrogens is 292 g/mol. The summed E-state index contributed by atoms with van der Waals surface area (Å²) >= 11 is 0. The zero-order chi connectivity index (χ0) is 16.2. The monoisotopic (exact) mass is 312 g/mol. The normalized spacial score (nSPS) is 24.3. The zero-order valence-electron chi connectivity index (χ0n) is 13.0. The van der Waals surface area contributed by atoms with E-state index in [1.54, 1.807) is 6.07 Å². The molecule has 3 atom stereocenters. The van der Waals surface area contributed by atoms with E-state index in [1.807, 2.05) is 49.4 Å². The first-order valence-electron chi connectivity index (χ1n) is 7.74. The van der Waals surface area contributed by atoms with Gasteiger partial charge in [-0.15, -0.1) is 0 Å². The number of hydrogen-bond acceptors (Lipinski definition) is 4. The molecule has 0 spiro atoms. The lowest BCUT2D eigenvalue weighted by molar-refractivity contribution is -0.244. The van der Waals surface area contributed by atoms with Gasteiger partial charge in [-0.25, -0.2) is 0 Å². The van der Waals surface area contributed by atoms with Crippen LogP contribution in [0, 0.1) is 12.8 Å². The molecular formula is C19H20O4. The van der Waals surface area contributed by atoms with Gasteiger partial charge < -0.3 is 19.4 Å².